The Morgan fingerprint density at radius 3 is 2.89 bits per heavy atom. The molecule has 0 spiro atoms. The van der Waals surface area contributed by atoms with Gasteiger partial charge in [0.2, 0.25) is 0 Å². The summed E-state index contributed by atoms with van der Waals surface area (Å²) in [4.78, 5) is 2.24. The number of hydrogen-bond donors (Lipinski definition) is 0. The third-order valence-electron chi connectivity index (χ3n) is 1.61. The molecule has 0 radical (unpaired) electrons. The van der Waals surface area contributed by atoms with Crippen molar-refractivity contribution in [2.75, 3.05) is 31.6 Å². The minimum absolute atomic E-state index is 0.520. The van der Waals surface area contributed by atoms with Gasteiger partial charge in [-0.25, -0.2) is 0 Å². The van der Waals surface area contributed by atoms with Crippen molar-refractivity contribution in [2.24, 2.45) is 0 Å². The van der Waals surface area contributed by atoms with Crippen molar-refractivity contribution < 1.29 is 4.55 Å². The predicted molar refractivity (Wildman–Crippen MR) is 40.0 cm³/mol. The first-order valence-electron chi connectivity index (χ1n) is 3.32. The fourth-order valence-electron chi connectivity index (χ4n) is 0.967. The van der Waals surface area contributed by atoms with Gasteiger partial charge < -0.3 is 9.45 Å². The van der Waals surface area contributed by atoms with Gasteiger partial charge in [0.1, 0.15) is 11.5 Å². The van der Waals surface area contributed by atoms with E-state index in [0.29, 0.717) is 0 Å². The highest BCUT2D eigenvalue weighted by Gasteiger charge is 2.12. The third kappa shape index (κ3) is 2.56. The van der Waals surface area contributed by atoms with E-state index in [-0.39, 0.29) is 0 Å². The van der Waals surface area contributed by atoms with E-state index >= 15 is 0 Å². The van der Waals surface area contributed by atoms with E-state index < -0.39 is 11.2 Å². The van der Waals surface area contributed by atoms with Gasteiger partial charge >= 0.3 is 0 Å². The summed E-state index contributed by atoms with van der Waals surface area (Å²) in [5.74, 6) is 1.78. The molecule has 2 nitrogen and oxygen atoms in total. The van der Waals surface area contributed by atoms with Gasteiger partial charge in [-0.1, -0.05) is 11.2 Å². The number of rotatable bonds is 0. The summed E-state index contributed by atoms with van der Waals surface area (Å²) in [7, 11) is 2.09. The van der Waals surface area contributed by atoms with Gasteiger partial charge in [0, 0.05) is 19.5 Å². The monoisotopic (exact) mass is 147 g/mol. The summed E-state index contributed by atoms with van der Waals surface area (Å²) in [6.07, 6.45) is 1.10. The molecule has 1 rings (SSSR count). The quantitative estimate of drug-likeness (QED) is 0.453. The van der Waals surface area contributed by atoms with Gasteiger partial charge in [-0.3, -0.25) is 0 Å². The van der Waals surface area contributed by atoms with Crippen LogP contribution in [0.15, 0.2) is 0 Å². The minimum Gasteiger partial charge on any atom is -0.616 e. The van der Waals surface area contributed by atoms with Gasteiger partial charge in [0.15, 0.2) is 0 Å². The van der Waals surface area contributed by atoms with Crippen molar-refractivity contribution in [3.8, 4) is 0 Å². The average molecular weight is 147 g/mol. The second-order valence-electron chi connectivity index (χ2n) is 2.50. The zero-order chi connectivity index (χ0) is 6.69. The molecule has 1 atom stereocenters. The van der Waals surface area contributed by atoms with E-state index in [1.807, 2.05) is 0 Å². The smallest absolute Gasteiger partial charge is 0.118 e. The largest absolute Gasteiger partial charge is 0.616 e. The molecule has 0 aromatic heterocycles. The van der Waals surface area contributed by atoms with E-state index in [1.54, 1.807) is 0 Å². The highest BCUT2D eigenvalue weighted by Crippen LogP contribution is 2.01. The van der Waals surface area contributed by atoms with Crippen LogP contribution in [0.25, 0.3) is 0 Å². The molecule has 1 unspecified atom stereocenters. The molecule has 1 aliphatic rings. The molecule has 0 bridgehead atoms. The Kier molecular flexibility index (Phi) is 2.82. The molecule has 0 N–H and O–H groups in total. The standard InChI is InChI=1S/C6H13NOS/c1-7-3-2-5-9(8)6-4-7/h2-6H2,1H3. The van der Waals surface area contributed by atoms with E-state index in [9.17, 15) is 4.55 Å². The van der Waals surface area contributed by atoms with Crippen LogP contribution in [0.2, 0.25) is 0 Å². The highest BCUT2D eigenvalue weighted by atomic mass is 32.2. The molecule has 0 aromatic rings. The maximum absolute atomic E-state index is 10.9. The Balaban J connectivity index is 2.25. The Morgan fingerprint density at radius 2 is 2.11 bits per heavy atom. The van der Waals surface area contributed by atoms with Crippen molar-refractivity contribution >= 4 is 11.2 Å². The first kappa shape index (κ1) is 7.38. The van der Waals surface area contributed by atoms with Crippen LogP contribution in [0, 0.1) is 0 Å². The highest BCUT2D eigenvalue weighted by molar-refractivity contribution is 7.91. The van der Waals surface area contributed by atoms with Crippen LogP contribution in [0.1, 0.15) is 6.42 Å². The van der Waals surface area contributed by atoms with Crippen molar-refractivity contribution in [2.45, 2.75) is 6.42 Å². The lowest BCUT2D eigenvalue weighted by molar-refractivity contribution is 0.362. The average Bonchev–Trinajstić information content (AvgIpc) is 1.97. The number of hydrogen-bond acceptors (Lipinski definition) is 2. The zero-order valence-electron chi connectivity index (χ0n) is 5.80. The molecule has 54 valence electrons. The molecular weight excluding hydrogens is 134 g/mol. The summed E-state index contributed by atoms with van der Waals surface area (Å²) < 4.78 is 10.9. The Labute approximate surface area is 59.4 Å². The lowest BCUT2D eigenvalue weighted by Crippen LogP contribution is -2.21. The van der Waals surface area contributed by atoms with Gasteiger partial charge in [0.25, 0.3) is 0 Å². The maximum Gasteiger partial charge on any atom is 0.118 e. The minimum atomic E-state index is -0.520. The van der Waals surface area contributed by atoms with E-state index in [0.717, 1.165) is 31.0 Å². The summed E-state index contributed by atoms with van der Waals surface area (Å²) in [6.45, 7) is 2.12. The predicted octanol–water partition coefficient (Wildman–Crippen LogP) is 0.0706. The Morgan fingerprint density at radius 1 is 1.33 bits per heavy atom. The van der Waals surface area contributed by atoms with E-state index in [1.165, 1.54) is 0 Å². The van der Waals surface area contributed by atoms with Crippen molar-refractivity contribution in [1.82, 2.24) is 4.90 Å². The first-order chi connectivity index (χ1) is 4.29. The summed E-state index contributed by atoms with van der Waals surface area (Å²) in [5.41, 5.74) is 0. The van der Waals surface area contributed by atoms with Crippen LogP contribution < -0.4 is 0 Å². The maximum atomic E-state index is 10.9. The second-order valence-corrected chi connectivity index (χ2v) is 4.20. The molecule has 9 heavy (non-hydrogen) atoms. The molecule has 1 heterocycles. The van der Waals surface area contributed by atoms with E-state index in [4.69, 9.17) is 0 Å². The molecule has 0 amide bonds. The zero-order valence-corrected chi connectivity index (χ0v) is 6.62. The van der Waals surface area contributed by atoms with Crippen LogP contribution in [-0.2, 0) is 11.2 Å². The van der Waals surface area contributed by atoms with Crippen molar-refractivity contribution in [1.29, 1.82) is 0 Å². The third-order valence-corrected chi connectivity index (χ3v) is 2.99. The van der Waals surface area contributed by atoms with Crippen LogP contribution >= 0.6 is 0 Å². The molecule has 0 aromatic carbocycles. The van der Waals surface area contributed by atoms with Crippen molar-refractivity contribution in [3.05, 3.63) is 0 Å². The molecule has 1 aliphatic heterocycles. The fourth-order valence-corrected chi connectivity index (χ4v) is 2.14. The molecule has 0 saturated carbocycles. The molecular formula is C6H13NOS. The SMILES string of the molecule is CN1CCC[S+]([O-])CC1. The fraction of sp³-hybridized carbons (Fsp3) is 1.00. The Bertz CT molecular complexity index is 79.1. The first-order valence-corrected chi connectivity index (χ1v) is 4.81. The van der Waals surface area contributed by atoms with Crippen LogP contribution in [0.5, 0.6) is 0 Å². The summed E-state index contributed by atoms with van der Waals surface area (Å²) in [6, 6.07) is 0. The van der Waals surface area contributed by atoms with Crippen LogP contribution in [-0.4, -0.2) is 41.1 Å². The topological polar surface area (TPSA) is 26.3 Å². The molecule has 0 aliphatic carbocycles. The number of nitrogens with zero attached hydrogens (tertiary/aromatic N) is 1. The molecule has 1 fully saturated rings. The summed E-state index contributed by atoms with van der Waals surface area (Å²) >= 11 is -0.520. The van der Waals surface area contributed by atoms with Crippen LogP contribution in [0.3, 0.4) is 0 Å². The second kappa shape index (κ2) is 3.44. The molecule has 3 heteroatoms. The van der Waals surface area contributed by atoms with Gasteiger partial charge in [-0.05, 0) is 7.05 Å². The Hall–Kier alpha value is 0.270. The van der Waals surface area contributed by atoms with Gasteiger partial charge in [-0.15, -0.1) is 0 Å². The molecule has 1 saturated heterocycles. The van der Waals surface area contributed by atoms with Crippen molar-refractivity contribution in [3.63, 3.8) is 0 Å². The van der Waals surface area contributed by atoms with Crippen LogP contribution in [0.4, 0.5) is 0 Å². The lowest BCUT2D eigenvalue weighted by Gasteiger charge is -2.09. The van der Waals surface area contributed by atoms with E-state index in [2.05, 4.69) is 11.9 Å². The van der Waals surface area contributed by atoms with Gasteiger partial charge in [0.05, 0.1) is 0 Å². The normalized spacial score (nSPS) is 32.0. The lowest BCUT2D eigenvalue weighted by atomic mass is 10.4. The summed E-state index contributed by atoms with van der Waals surface area (Å²) in [5, 5.41) is 0. The van der Waals surface area contributed by atoms with Gasteiger partial charge in [-0.2, -0.15) is 0 Å².